The normalized spacial score (nSPS) is 19.5. The van der Waals surface area contributed by atoms with Crippen molar-refractivity contribution in [3.8, 4) is 0 Å². The number of fused-ring (bicyclic) bond motifs is 3. The molecule has 120 valence electrons. The summed E-state index contributed by atoms with van der Waals surface area (Å²) in [4.78, 5) is 7.14. The van der Waals surface area contributed by atoms with Gasteiger partial charge in [0.15, 0.2) is 5.65 Å². The predicted octanol–water partition coefficient (Wildman–Crippen LogP) is 3.35. The summed E-state index contributed by atoms with van der Waals surface area (Å²) in [7, 11) is 2.17. The van der Waals surface area contributed by atoms with Crippen molar-refractivity contribution >= 4 is 34.0 Å². The lowest BCUT2D eigenvalue weighted by Crippen LogP contribution is -2.40. The fourth-order valence-electron chi connectivity index (χ4n) is 3.37. The summed E-state index contributed by atoms with van der Waals surface area (Å²) in [5, 5.41) is 9.86. The first-order valence-corrected chi connectivity index (χ1v) is 8.40. The SMILES string of the molecule is Cc1nn2c(nc(N[C@@H]3CCCN(C)C3)c3ccccc32)c1Cl. The van der Waals surface area contributed by atoms with E-state index < -0.39 is 0 Å². The Bertz CT molecular complexity index is 872. The van der Waals surface area contributed by atoms with E-state index in [2.05, 4.69) is 34.5 Å². The minimum atomic E-state index is 0.412. The van der Waals surface area contributed by atoms with E-state index in [9.17, 15) is 0 Å². The molecule has 4 rings (SSSR count). The van der Waals surface area contributed by atoms with Gasteiger partial charge in [-0.3, -0.25) is 0 Å². The van der Waals surface area contributed by atoms with Gasteiger partial charge in [-0.25, -0.2) is 9.50 Å². The molecule has 1 aliphatic rings. The maximum absolute atomic E-state index is 6.40. The van der Waals surface area contributed by atoms with E-state index in [1.165, 1.54) is 13.0 Å². The van der Waals surface area contributed by atoms with Crippen LogP contribution in [0.15, 0.2) is 24.3 Å². The minimum absolute atomic E-state index is 0.412. The van der Waals surface area contributed by atoms with E-state index in [0.717, 1.165) is 41.0 Å². The van der Waals surface area contributed by atoms with Gasteiger partial charge in [0.2, 0.25) is 0 Å². The number of nitrogens with one attached hydrogen (secondary N) is 1. The molecule has 3 aromatic rings. The molecule has 3 heterocycles. The third-order valence-corrected chi connectivity index (χ3v) is 4.98. The molecule has 0 saturated carbocycles. The lowest BCUT2D eigenvalue weighted by molar-refractivity contribution is 0.261. The quantitative estimate of drug-likeness (QED) is 0.783. The highest BCUT2D eigenvalue weighted by molar-refractivity contribution is 6.34. The molecular weight excluding hydrogens is 310 g/mol. The number of anilines is 1. The van der Waals surface area contributed by atoms with E-state index in [0.29, 0.717) is 11.1 Å². The number of benzene rings is 1. The molecule has 1 fully saturated rings. The second-order valence-corrected chi connectivity index (χ2v) is 6.74. The number of piperidine rings is 1. The summed E-state index contributed by atoms with van der Waals surface area (Å²) < 4.78 is 1.84. The molecule has 6 heteroatoms. The maximum Gasteiger partial charge on any atom is 0.176 e. The zero-order valence-electron chi connectivity index (χ0n) is 13.4. The molecule has 5 nitrogen and oxygen atoms in total. The number of nitrogens with zero attached hydrogens (tertiary/aromatic N) is 4. The van der Waals surface area contributed by atoms with Crippen molar-refractivity contribution in [2.45, 2.75) is 25.8 Å². The number of aromatic nitrogens is 3. The number of halogens is 1. The average Bonchev–Trinajstić information content (AvgIpc) is 2.83. The van der Waals surface area contributed by atoms with Gasteiger partial charge in [-0.05, 0) is 45.5 Å². The Morgan fingerprint density at radius 1 is 1.30 bits per heavy atom. The Balaban J connectivity index is 1.85. The first-order chi connectivity index (χ1) is 11.1. The van der Waals surface area contributed by atoms with Gasteiger partial charge in [0.05, 0.1) is 11.2 Å². The van der Waals surface area contributed by atoms with Gasteiger partial charge in [-0.2, -0.15) is 5.10 Å². The number of hydrogen-bond donors (Lipinski definition) is 1. The molecule has 23 heavy (non-hydrogen) atoms. The van der Waals surface area contributed by atoms with Gasteiger partial charge < -0.3 is 10.2 Å². The van der Waals surface area contributed by atoms with E-state index in [1.54, 1.807) is 0 Å². The van der Waals surface area contributed by atoms with E-state index in [-0.39, 0.29) is 0 Å². The molecule has 1 aliphatic heterocycles. The second-order valence-electron chi connectivity index (χ2n) is 6.36. The van der Waals surface area contributed by atoms with Crippen molar-refractivity contribution in [2.75, 3.05) is 25.5 Å². The fraction of sp³-hybridized carbons (Fsp3) is 0.412. The van der Waals surface area contributed by atoms with Crippen LogP contribution in [-0.4, -0.2) is 45.7 Å². The lowest BCUT2D eigenvalue weighted by Gasteiger charge is -2.30. The monoisotopic (exact) mass is 329 g/mol. The number of hydrogen-bond acceptors (Lipinski definition) is 4. The third-order valence-electron chi connectivity index (χ3n) is 4.53. The Morgan fingerprint density at radius 3 is 2.96 bits per heavy atom. The van der Waals surface area contributed by atoms with Crippen LogP contribution in [0.25, 0.3) is 16.6 Å². The Hall–Kier alpha value is -1.85. The standard InChI is InChI=1S/C17H20ClN5/c1-11-15(18)17-20-16(19-12-6-5-9-22(2)10-12)13-7-3-4-8-14(13)23(17)21-11/h3-4,7-8,12H,5-6,9-10H2,1-2H3,(H,19,20)/t12-/m1/s1. The second kappa shape index (κ2) is 5.65. The first kappa shape index (κ1) is 14.7. The van der Waals surface area contributed by atoms with Gasteiger partial charge in [0, 0.05) is 18.0 Å². The molecule has 0 bridgehead atoms. The molecule has 1 aromatic carbocycles. The van der Waals surface area contributed by atoms with Crippen LogP contribution in [0.2, 0.25) is 5.02 Å². The highest BCUT2D eigenvalue weighted by Crippen LogP contribution is 2.29. The zero-order valence-corrected chi connectivity index (χ0v) is 14.1. The van der Waals surface area contributed by atoms with Crippen LogP contribution in [0.4, 0.5) is 5.82 Å². The van der Waals surface area contributed by atoms with Crippen LogP contribution in [0.5, 0.6) is 0 Å². The van der Waals surface area contributed by atoms with E-state index in [1.807, 2.05) is 23.6 Å². The lowest BCUT2D eigenvalue weighted by atomic mass is 10.1. The van der Waals surface area contributed by atoms with Crippen LogP contribution in [0, 0.1) is 6.92 Å². The summed E-state index contributed by atoms with van der Waals surface area (Å²) in [6.07, 6.45) is 2.37. The van der Waals surface area contributed by atoms with Crippen molar-refractivity contribution in [2.24, 2.45) is 0 Å². The summed E-state index contributed by atoms with van der Waals surface area (Å²) in [6.45, 7) is 4.11. The number of likely N-dealkylation sites (tertiary alicyclic amines) is 1. The highest BCUT2D eigenvalue weighted by Gasteiger charge is 2.20. The Morgan fingerprint density at radius 2 is 2.13 bits per heavy atom. The van der Waals surface area contributed by atoms with E-state index >= 15 is 0 Å². The van der Waals surface area contributed by atoms with Crippen molar-refractivity contribution in [1.82, 2.24) is 19.5 Å². The highest BCUT2D eigenvalue weighted by atomic mass is 35.5. The van der Waals surface area contributed by atoms with Crippen molar-refractivity contribution in [3.05, 3.63) is 35.0 Å². The summed E-state index contributed by atoms with van der Waals surface area (Å²) in [6, 6.07) is 8.61. The summed E-state index contributed by atoms with van der Waals surface area (Å²) in [5.74, 6) is 0.898. The van der Waals surface area contributed by atoms with Crippen LogP contribution < -0.4 is 5.32 Å². The predicted molar refractivity (Wildman–Crippen MR) is 94.4 cm³/mol. The smallest absolute Gasteiger partial charge is 0.176 e. The molecule has 1 saturated heterocycles. The molecule has 0 unspecified atom stereocenters. The van der Waals surface area contributed by atoms with Crippen LogP contribution in [0.3, 0.4) is 0 Å². The zero-order chi connectivity index (χ0) is 16.0. The first-order valence-electron chi connectivity index (χ1n) is 8.02. The van der Waals surface area contributed by atoms with Crippen LogP contribution >= 0.6 is 11.6 Å². The molecule has 2 aromatic heterocycles. The molecule has 0 amide bonds. The molecular formula is C17H20ClN5. The van der Waals surface area contributed by atoms with Gasteiger partial charge >= 0.3 is 0 Å². The molecule has 0 spiro atoms. The number of para-hydroxylation sites is 1. The molecule has 0 radical (unpaired) electrons. The van der Waals surface area contributed by atoms with Crippen molar-refractivity contribution in [1.29, 1.82) is 0 Å². The van der Waals surface area contributed by atoms with Gasteiger partial charge in [0.1, 0.15) is 10.8 Å². The molecule has 1 N–H and O–H groups in total. The molecule has 1 atom stereocenters. The Labute approximate surface area is 140 Å². The topological polar surface area (TPSA) is 45.5 Å². The summed E-state index contributed by atoms with van der Waals surface area (Å²) in [5.41, 5.74) is 2.55. The fourth-order valence-corrected chi connectivity index (χ4v) is 3.53. The minimum Gasteiger partial charge on any atom is -0.365 e. The summed E-state index contributed by atoms with van der Waals surface area (Å²) >= 11 is 6.40. The number of aryl methyl sites for hydroxylation is 1. The van der Waals surface area contributed by atoms with Crippen LogP contribution in [0.1, 0.15) is 18.5 Å². The Kier molecular flexibility index (Phi) is 3.62. The number of rotatable bonds is 2. The van der Waals surface area contributed by atoms with Gasteiger partial charge in [-0.15, -0.1) is 0 Å². The van der Waals surface area contributed by atoms with E-state index in [4.69, 9.17) is 16.6 Å². The van der Waals surface area contributed by atoms with Crippen molar-refractivity contribution < 1.29 is 0 Å². The van der Waals surface area contributed by atoms with Gasteiger partial charge in [-0.1, -0.05) is 23.7 Å². The molecule has 0 aliphatic carbocycles. The van der Waals surface area contributed by atoms with Crippen molar-refractivity contribution in [3.63, 3.8) is 0 Å². The maximum atomic E-state index is 6.40. The van der Waals surface area contributed by atoms with Crippen LogP contribution in [-0.2, 0) is 0 Å². The number of likely N-dealkylation sites (N-methyl/N-ethyl adjacent to an activating group) is 1. The average molecular weight is 330 g/mol. The largest absolute Gasteiger partial charge is 0.365 e. The third kappa shape index (κ3) is 2.54. The van der Waals surface area contributed by atoms with Gasteiger partial charge in [0.25, 0.3) is 0 Å².